The number of carbonyl (C=O) groups is 1. The van der Waals surface area contributed by atoms with Gasteiger partial charge in [0.25, 0.3) is 0 Å². The van der Waals surface area contributed by atoms with Gasteiger partial charge in [-0.1, -0.05) is 30.3 Å². The van der Waals surface area contributed by atoms with Crippen LogP contribution in [0.5, 0.6) is 0 Å². The van der Waals surface area contributed by atoms with Crippen molar-refractivity contribution >= 4 is 22.6 Å². The van der Waals surface area contributed by atoms with Crippen LogP contribution in [0.2, 0.25) is 0 Å². The quantitative estimate of drug-likeness (QED) is 0.624. The van der Waals surface area contributed by atoms with Crippen LogP contribution in [-0.4, -0.2) is 52.7 Å². The van der Waals surface area contributed by atoms with Crippen molar-refractivity contribution in [1.29, 1.82) is 0 Å². The highest BCUT2D eigenvalue weighted by Crippen LogP contribution is 2.26. The Bertz CT molecular complexity index is 993. The second kappa shape index (κ2) is 8.98. The molecule has 0 radical (unpaired) electrons. The summed E-state index contributed by atoms with van der Waals surface area (Å²) in [7, 11) is 0. The second-order valence-corrected chi connectivity index (χ2v) is 8.06. The second-order valence-electron chi connectivity index (χ2n) is 8.06. The lowest BCUT2D eigenvalue weighted by atomic mass is 10.2. The molecule has 30 heavy (non-hydrogen) atoms. The lowest BCUT2D eigenvalue weighted by molar-refractivity contribution is -0.119. The van der Waals surface area contributed by atoms with E-state index in [1.165, 1.54) is 0 Å². The van der Waals surface area contributed by atoms with E-state index < -0.39 is 0 Å². The number of benzene rings is 2. The fourth-order valence-corrected chi connectivity index (χ4v) is 4.24. The van der Waals surface area contributed by atoms with Gasteiger partial charge < -0.3 is 14.2 Å². The third-order valence-electron chi connectivity index (χ3n) is 5.76. The number of anilines is 1. The Hall–Kier alpha value is -2.70. The van der Waals surface area contributed by atoms with Gasteiger partial charge in [0.15, 0.2) is 0 Å². The van der Waals surface area contributed by atoms with Gasteiger partial charge >= 0.3 is 0 Å². The molecular weight excluding hydrogens is 376 g/mol. The molecule has 1 aliphatic rings. The van der Waals surface area contributed by atoms with E-state index in [4.69, 9.17) is 9.72 Å². The molecule has 6 nitrogen and oxygen atoms in total. The lowest BCUT2D eigenvalue weighted by Crippen LogP contribution is -2.41. The van der Waals surface area contributed by atoms with E-state index in [9.17, 15) is 4.79 Å². The van der Waals surface area contributed by atoms with Crippen molar-refractivity contribution in [2.45, 2.75) is 39.4 Å². The Morgan fingerprint density at radius 3 is 2.40 bits per heavy atom. The van der Waals surface area contributed by atoms with Gasteiger partial charge in [-0.05, 0) is 45.0 Å². The van der Waals surface area contributed by atoms with Crippen molar-refractivity contribution in [2.75, 3.05) is 31.2 Å². The molecular formula is C24H30N4O2. The van der Waals surface area contributed by atoms with Crippen LogP contribution in [0.3, 0.4) is 0 Å². The molecule has 0 aliphatic carbocycles. The number of nitrogens with zero attached hydrogens (tertiary/aromatic N) is 4. The monoisotopic (exact) mass is 406 g/mol. The van der Waals surface area contributed by atoms with Crippen molar-refractivity contribution in [3.63, 3.8) is 0 Å². The number of ether oxygens (including phenoxy) is 1. The van der Waals surface area contributed by atoms with Crippen molar-refractivity contribution < 1.29 is 9.53 Å². The van der Waals surface area contributed by atoms with E-state index in [-0.39, 0.29) is 24.5 Å². The van der Waals surface area contributed by atoms with E-state index in [1.807, 2.05) is 73.3 Å². The summed E-state index contributed by atoms with van der Waals surface area (Å²) in [6.45, 7) is 9.75. The number of carbonyl (C=O) groups excluding carboxylic acids is 1. The molecule has 0 unspecified atom stereocenters. The first-order valence-corrected chi connectivity index (χ1v) is 10.7. The minimum absolute atomic E-state index is 0.0646. The summed E-state index contributed by atoms with van der Waals surface area (Å²) in [6.07, 6.45) is 0. The third kappa shape index (κ3) is 4.11. The predicted octanol–water partition coefficient (Wildman–Crippen LogP) is 3.87. The molecule has 1 saturated heterocycles. The number of rotatable bonds is 6. The van der Waals surface area contributed by atoms with Crippen LogP contribution in [0.1, 0.15) is 32.6 Å². The maximum Gasteiger partial charge on any atom is 0.247 e. The number of fused-ring (bicyclic) bond motifs is 1. The van der Waals surface area contributed by atoms with E-state index in [2.05, 4.69) is 16.4 Å². The summed E-state index contributed by atoms with van der Waals surface area (Å²) in [4.78, 5) is 22.7. The van der Waals surface area contributed by atoms with Gasteiger partial charge in [0.05, 0.1) is 30.3 Å². The largest absolute Gasteiger partial charge is 0.379 e. The normalized spacial score (nSPS) is 16.1. The average Bonchev–Trinajstić information content (AvgIpc) is 3.13. The molecule has 6 heteroatoms. The SMILES string of the molecule is CC(C)N(C(=O)Cn1c([C@@H](C)N2CCOCC2)nc2ccccc21)c1ccccc1. The highest BCUT2D eigenvalue weighted by Gasteiger charge is 2.27. The minimum atomic E-state index is 0.0646. The molecule has 1 amide bonds. The Kier molecular flexibility index (Phi) is 6.16. The topological polar surface area (TPSA) is 50.6 Å². The molecule has 4 rings (SSSR count). The molecule has 0 saturated carbocycles. The van der Waals surface area contributed by atoms with E-state index in [1.54, 1.807) is 0 Å². The Morgan fingerprint density at radius 1 is 1.03 bits per heavy atom. The zero-order chi connectivity index (χ0) is 21.1. The van der Waals surface area contributed by atoms with Gasteiger partial charge in [-0.2, -0.15) is 0 Å². The first-order valence-electron chi connectivity index (χ1n) is 10.7. The maximum atomic E-state index is 13.5. The fraction of sp³-hybridized carbons (Fsp3) is 0.417. The zero-order valence-corrected chi connectivity index (χ0v) is 18.0. The Morgan fingerprint density at radius 2 is 1.70 bits per heavy atom. The number of amides is 1. The molecule has 2 heterocycles. The molecule has 0 bridgehead atoms. The molecule has 3 aromatic rings. The molecule has 1 fully saturated rings. The number of hydrogen-bond acceptors (Lipinski definition) is 4. The van der Waals surface area contributed by atoms with Crippen LogP contribution in [0.25, 0.3) is 11.0 Å². The van der Waals surface area contributed by atoms with Crippen LogP contribution in [0.15, 0.2) is 54.6 Å². The summed E-state index contributed by atoms with van der Waals surface area (Å²) in [5, 5.41) is 0. The highest BCUT2D eigenvalue weighted by atomic mass is 16.5. The number of para-hydroxylation sites is 3. The molecule has 2 aromatic carbocycles. The van der Waals surface area contributed by atoms with E-state index in [0.717, 1.165) is 48.8 Å². The zero-order valence-electron chi connectivity index (χ0n) is 18.0. The summed E-state index contributed by atoms with van der Waals surface area (Å²) >= 11 is 0. The number of imidazole rings is 1. The number of aromatic nitrogens is 2. The Labute approximate surface area is 178 Å². The first-order chi connectivity index (χ1) is 14.6. The van der Waals surface area contributed by atoms with Gasteiger partial charge in [0.1, 0.15) is 12.4 Å². The maximum absolute atomic E-state index is 13.5. The standard InChI is InChI=1S/C24H30N4O2/c1-18(2)28(20-9-5-4-6-10-20)23(29)17-27-22-12-8-7-11-21(22)25-24(27)19(3)26-13-15-30-16-14-26/h4-12,18-19H,13-17H2,1-3H3/t19-/m1/s1. The van der Waals surface area contributed by atoms with Crippen LogP contribution in [0, 0.1) is 0 Å². The van der Waals surface area contributed by atoms with Crippen molar-refractivity contribution in [3.05, 3.63) is 60.4 Å². The van der Waals surface area contributed by atoms with Gasteiger partial charge in [-0.3, -0.25) is 9.69 Å². The van der Waals surface area contributed by atoms with Crippen LogP contribution in [0.4, 0.5) is 5.69 Å². The molecule has 1 aromatic heterocycles. The molecule has 0 N–H and O–H groups in total. The summed E-state index contributed by atoms with van der Waals surface area (Å²) in [6, 6.07) is 18.1. The minimum Gasteiger partial charge on any atom is -0.379 e. The van der Waals surface area contributed by atoms with Gasteiger partial charge in [-0.25, -0.2) is 4.98 Å². The summed E-state index contributed by atoms with van der Waals surface area (Å²) < 4.78 is 7.61. The fourth-order valence-electron chi connectivity index (χ4n) is 4.24. The lowest BCUT2D eigenvalue weighted by Gasteiger charge is -2.32. The van der Waals surface area contributed by atoms with Crippen LogP contribution < -0.4 is 4.90 Å². The van der Waals surface area contributed by atoms with E-state index >= 15 is 0 Å². The Balaban J connectivity index is 1.69. The van der Waals surface area contributed by atoms with Crippen molar-refractivity contribution in [3.8, 4) is 0 Å². The van der Waals surface area contributed by atoms with Crippen molar-refractivity contribution in [2.24, 2.45) is 0 Å². The molecule has 1 atom stereocenters. The van der Waals surface area contributed by atoms with Crippen LogP contribution >= 0.6 is 0 Å². The molecule has 158 valence electrons. The number of hydrogen-bond donors (Lipinski definition) is 0. The van der Waals surface area contributed by atoms with E-state index in [0.29, 0.717) is 0 Å². The summed E-state index contributed by atoms with van der Waals surface area (Å²) in [5.74, 6) is 0.998. The smallest absolute Gasteiger partial charge is 0.247 e. The van der Waals surface area contributed by atoms with Gasteiger partial charge in [0, 0.05) is 24.8 Å². The number of morpholine rings is 1. The molecule has 1 aliphatic heterocycles. The highest BCUT2D eigenvalue weighted by molar-refractivity contribution is 5.94. The van der Waals surface area contributed by atoms with Gasteiger partial charge in [0.2, 0.25) is 5.91 Å². The first kappa shape index (κ1) is 20.6. The summed E-state index contributed by atoms with van der Waals surface area (Å²) in [5.41, 5.74) is 2.85. The van der Waals surface area contributed by atoms with Gasteiger partial charge in [-0.15, -0.1) is 0 Å². The average molecular weight is 407 g/mol. The predicted molar refractivity (Wildman–Crippen MR) is 120 cm³/mol. The van der Waals surface area contributed by atoms with Crippen molar-refractivity contribution in [1.82, 2.24) is 14.5 Å². The van der Waals surface area contributed by atoms with Crippen LogP contribution in [-0.2, 0) is 16.1 Å². The third-order valence-corrected chi connectivity index (χ3v) is 5.76. The molecule has 0 spiro atoms.